The molecular weight excluding hydrogens is 300 g/mol. The van der Waals surface area contributed by atoms with Gasteiger partial charge in [-0.05, 0) is 0 Å². The average Bonchev–Trinajstić information content (AvgIpc) is 3.03. The van der Waals surface area contributed by atoms with Gasteiger partial charge in [0.05, 0.1) is 18.9 Å². The van der Waals surface area contributed by atoms with E-state index in [2.05, 4.69) is 25.5 Å². The van der Waals surface area contributed by atoms with Gasteiger partial charge in [-0.3, -0.25) is 9.78 Å². The number of rotatable bonds is 5. The smallest absolute Gasteiger partial charge is 0.268 e. The lowest BCUT2D eigenvalue weighted by molar-refractivity contribution is 0.0995. The van der Waals surface area contributed by atoms with Gasteiger partial charge in [0.1, 0.15) is 21.5 Å². The van der Waals surface area contributed by atoms with Crippen molar-refractivity contribution < 1.29 is 4.79 Å². The summed E-state index contributed by atoms with van der Waals surface area (Å²) in [5, 5.41) is 13.0. The van der Waals surface area contributed by atoms with Crippen LogP contribution in [0.3, 0.4) is 0 Å². The van der Waals surface area contributed by atoms with E-state index in [9.17, 15) is 4.79 Å². The van der Waals surface area contributed by atoms with Crippen LogP contribution in [-0.2, 0) is 6.54 Å². The zero-order valence-electron chi connectivity index (χ0n) is 11.4. The molecule has 1 amide bonds. The molecule has 0 aliphatic carbocycles. The summed E-state index contributed by atoms with van der Waals surface area (Å²) in [5.41, 5.74) is 6.32. The molecule has 0 atom stereocenters. The molecule has 7 nitrogen and oxygen atoms in total. The number of carbonyl (C=O) groups is 1. The van der Waals surface area contributed by atoms with E-state index in [1.165, 1.54) is 23.7 Å². The number of nitrogens with zero attached hydrogens (tertiary/aromatic N) is 4. The van der Waals surface area contributed by atoms with E-state index in [1.807, 2.05) is 30.3 Å². The summed E-state index contributed by atoms with van der Waals surface area (Å²) in [6.45, 7) is 0.446. The zero-order valence-corrected chi connectivity index (χ0v) is 12.2. The number of hydrogen-bond acceptors (Lipinski definition) is 7. The molecule has 0 fully saturated rings. The highest BCUT2D eigenvalue weighted by molar-refractivity contribution is 7.14. The molecule has 0 saturated heterocycles. The first-order valence-electron chi connectivity index (χ1n) is 6.46. The first-order chi connectivity index (χ1) is 10.7. The number of nitrogens with two attached hydrogens (primary N) is 1. The molecule has 1 aromatic carbocycles. The zero-order chi connectivity index (χ0) is 15.4. The average molecular weight is 312 g/mol. The fourth-order valence-electron chi connectivity index (χ4n) is 1.76. The van der Waals surface area contributed by atoms with Gasteiger partial charge in [0.15, 0.2) is 0 Å². The molecule has 0 aliphatic rings. The van der Waals surface area contributed by atoms with Crippen molar-refractivity contribution in [1.29, 1.82) is 0 Å². The van der Waals surface area contributed by atoms with Gasteiger partial charge in [-0.15, -0.1) is 10.2 Å². The lowest BCUT2D eigenvalue weighted by atomic mass is 10.2. The fourth-order valence-corrected chi connectivity index (χ4v) is 2.54. The van der Waals surface area contributed by atoms with Crippen LogP contribution < -0.4 is 11.1 Å². The van der Waals surface area contributed by atoms with E-state index in [4.69, 9.17) is 5.73 Å². The molecule has 0 radical (unpaired) electrons. The summed E-state index contributed by atoms with van der Waals surface area (Å²) in [6, 6.07) is 9.84. The Labute approximate surface area is 130 Å². The first kappa shape index (κ1) is 14.1. The largest absolute Gasteiger partial charge is 0.364 e. The Bertz CT molecular complexity index is 789. The highest BCUT2D eigenvalue weighted by Crippen LogP contribution is 2.23. The first-order valence-corrected chi connectivity index (χ1v) is 7.27. The van der Waals surface area contributed by atoms with Crippen molar-refractivity contribution in [3.8, 4) is 10.6 Å². The molecule has 22 heavy (non-hydrogen) atoms. The quantitative estimate of drug-likeness (QED) is 0.742. The van der Waals surface area contributed by atoms with Crippen molar-refractivity contribution >= 4 is 23.1 Å². The Morgan fingerprint density at radius 1 is 1.18 bits per heavy atom. The minimum Gasteiger partial charge on any atom is -0.364 e. The number of amides is 1. The molecule has 110 valence electrons. The Morgan fingerprint density at radius 2 is 2.00 bits per heavy atom. The Balaban J connectivity index is 1.69. The predicted molar refractivity (Wildman–Crippen MR) is 83.2 cm³/mol. The minimum absolute atomic E-state index is 0.118. The van der Waals surface area contributed by atoms with Crippen LogP contribution in [0, 0.1) is 0 Å². The summed E-state index contributed by atoms with van der Waals surface area (Å²) in [5.74, 6) is -0.147. The molecule has 2 aromatic heterocycles. The molecule has 3 aromatic rings. The summed E-state index contributed by atoms with van der Waals surface area (Å²) < 4.78 is 0. The van der Waals surface area contributed by atoms with Crippen molar-refractivity contribution in [2.75, 3.05) is 5.32 Å². The van der Waals surface area contributed by atoms with Crippen LogP contribution in [0.4, 0.5) is 5.82 Å². The van der Waals surface area contributed by atoms with Crippen LogP contribution >= 0.6 is 11.3 Å². The van der Waals surface area contributed by atoms with Crippen LogP contribution in [0.2, 0.25) is 0 Å². The van der Waals surface area contributed by atoms with Gasteiger partial charge in [-0.2, -0.15) is 0 Å². The van der Waals surface area contributed by atoms with Gasteiger partial charge in [0.2, 0.25) is 0 Å². The number of hydrogen-bond donors (Lipinski definition) is 2. The van der Waals surface area contributed by atoms with Crippen LogP contribution in [0.15, 0.2) is 42.7 Å². The van der Waals surface area contributed by atoms with Gasteiger partial charge in [-0.1, -0.05) is 41.7 Å². The SMILES string of the molecule is NC(=O)c1cncc(NCc2nnc(-c3ccccc3)s2)n1. The van der Waals surface area contributed by atoms with Crippen molar-refractivity contribution in [2.45, 2.75) is 6.54 Å². The highest BCUT2D eigenvalue weighted by Gasteiger charge is 2.08. The molecule has 0 aliphatic heterocycles. The van der Waals surface area contributed by atoms with E-state index >= 15 is 0 Å². The number of aromatic nitrogens is 4. The molecule has 8 heteroatoms. The third-order valence-electron chi connectivity index (χ3n) is 2.80. The van der Waals surface area contributed by atoms with E-state index in [-0.39, 0.29) is 5.69 Å². The Hall–Kier alpha value is -2.87. The fraction of sp³-hybridized carbons (Fsp3) is 0.0714. The molecule has 2 heterocycles. The third-order valence-corrected chi connectivity index (χ3v) is 3.77. The Morgan fingerprint density at radius 3 is 2.77 bits per heavy atom. The van der Waals surface area contributed by atoms with Gasteiger partial charge < -0.3 is 11.1 Å². The second-order valence-electron chi connectivity index (χ2n) is 4.37. The van der Waals surface area contributed by atoms with Crippen LogP contribution in [0.5, 0.6) is 0 Å². The maximum atomic E-state index is 11.1. The monoisotopic (exact) mass is 312 g/mol. The van der Waals surface area contributed by atoms with Crippen molar-refractivity contribution in [1.82, 2.24) is 20.2 Å². The highest BCUT2D eigenvalue weighted by atomic mass is 32.1. The summed E-state index contributed by atoms with van der Waals surface area (Å²) in [6.07, 6.45) is 2.84. The second-order valence-corrected chi connectivity index (χ2v) is 5.44. The number of nitrogens with one attached hydrogen (secondary N) is 1. The second kappa shape index (κ2) is 6.27. The molecule has 3 N–H and O–H groups in total. The summed E-state index contributed by atoms with van der Waals surface area (Å²) in [4.78, 5) is 19.0. The molecule has 3 rings (SSSR count). The normalized spacial score (nSPS) is 10.4. The minimum atomic E-state index is -0.613. The van der Waals surface area contributed by atoms with E-state index in [0.717, 1.165) is 15.6 Å². The molecule has 0 bridgehead atoms. The van der Waals surface area contributed by atoms with Crippen LogP contribution in [0.1, 0.15) is 15.5 Å². The van der Waals surface area contributed by atoms with Crippen LogP contribution in [0.25, 0.3) is 10.6 Å². The van der Waals surface area contributed by atoms with Gasteiger partial charge in [0, 0.05) is 5.56 Å². The van der Waals surface area contributed by atoms with Crippen molar-refractivity contribution in [3.05, 3.63) is 53.4 Å². The lowest BCUT2D eigenvalue weighted by Crippen LogP contribution is -2.14. The predicted octanol–water partition coefficient (Wildman–Crippen LogP) is 1.71. The number of benzene rings is 1. The molecule has 0 unspecified atom stereocenters. The van der Waals surface area contributed by atoms with Crippen LogP contribution in [-0.4, -0.2) is 26.1 Å². The molecule has 0 spiro atoms. The number of carbonyl (C=O) groups excluding carboxylic acids is 1. The third kappa shape index (κ3) is 3.23. The molecular formula is C14H12N6OS. The number of anilines is 1. The Kier molecular flexibility index (Phi) is 4.01. The van der Waals surface area contributed by atoms with E-state index in [1.54, 1.807) is 0 Å². The number of primary amides is 1. The topological polar surface area (TPSA) is 107 Å². The van der Waals surface area contributed by atoms with Gasteiger partial charge >= 0.3 is 0 Å². The van der Waals surface area contributed by atoms with E-state index < -0.39 is 5.91 Å². The van der Waals surface area contributed by atoms with E-state index in [0.29, 0.717) is 12.4 Å². The van der Waals surface area contributed by atoms with Crippen molar-refractivity contribution in [2.24, 2.45) is 5.73 Å². The van der Waals surface area contributed by atoms with Gasteiger partial charge in [0.25, 0.3) is 5.91 Å². The lowest BCUT2D eigenvalue weighted by Gasteiger charge is -2.02. The molecule has 0 saturated carbocycles. The maximum Gasteiger partial charge on any atom is 0.268 e. The summed E-state index contributed by atoms with van der Waals surface area (Å²) >= 11 is 1.49. The summed E-state index contributed by atoms with van der Waals surface area (Å²) in [7, 11) is 0. The standard InChI is InChI=1S/C14H12N6OS/c15-13(21)10-6-16-7-11(18-10)17-8-12-19-20-14(22-12)9-4-2-1-3-5-9/h1-7H,8H2,(H2,15,21)(H,17,18). The maximum absolute atomic E-state index is 11.1. The van der Waals surface area contributed by atoms with Crippen molar-refractivity contribution in [3.63, 3.8) is 0 Å². The van der Waals surface area contributed by atoms with Gasteiger partial charge in [-0.25, -0.2) is 4.98 Å².